The number of rotatable bonds is 10. The van der Waals surface area contributed by atoms with Gasteiger partial charge in [-0.05, 0) is 88.4 Å². The smallest absolute Gasteiger partial charge is 0.309 e. The zero-order valence-electron chi connectivity index (χ0n) is 21.1. The number of ether oxygens (including phenoxy) is 1. The van der Waals surface area contributed by atoms with Gasteiger partial charge in [0.25, 0.3) is 0 Å². The Bertz CT molecular complexity index is 585. The van der Waals surface area contributed by atoms with Gasteiger partial charge in [0.1, 0.15) is 6.10 Å². The first-order chi connectivity index (χ1) is 15.6. The number of unbranched alkanes of at least 4 members (excludes halogenated alkanes) is 3. The maximum Gasteiger partial charge on any atom is 0.309 e. The molecule has 0 aromatic carbocycles. The molecule has 0 radical (unpaired) electrons. The lowest BCUT2D eigenvalue weighted by Crippen LogP contribution is -2.34. The Morgan fingerprint density at radius 1 is 0.844 bits per heavy atom. The van der Waals surface area contributed by atoms with Gasteiger partial charge >= 0.3 is 5.97 Å². The van der Waals surface area contributed by atoms with Crippen molar-refractivity contribution >= 4 is 5.97 Å². The van der Waals surface area contributed by atoms with E-state index in [2.05, 4.69) is 19.9 Å². The fourth-order valence-electron chi connectivity index (χ4n) is 6.92. The second-order valence-corrected chi connectivity index (χ2v) is 11.5. The summed E-state index contributed by atoms with van der Waals surface area (Å²) in [6, 6.07) is 2.62. The van der Waals surface area contributed by atoms with Crippen LogP contribution in [0, 0.1) is 40.4 Å². The van der Waals surface area contributed by atoms with Crippen molar-refractivity contribution in [2.45, 2.75) is 142 Å². The van der Waals surface area contributed by atoms with Crippen molar-refractivity contribution in [1.29, 1.82) is 5.26 Å². The minimum absolute atomic E-state index is 0.0475. The van der Waals surface area contributed by atoms with Crippen LogP contribution >= 0.6 is 0 Å². The minimum atomic E-state index is -0.161. The van der Waals surface area contributed by atoms with E-state index in [1.54, 1.807) is 0 Å². The number of nitrogens with zero attached hydrogens (tertiary/aromatic N) is 1. The molecule has 0 N–H and O–H groups in total. The molecule has 3 rings (SSSR count). The molecule has 3 fully saturated rings. The highest BCUT2D eigenvalue weighted by molar-refractivity contribution is 5.72. The molecule has 0 aromatic heterocycles. The molecule has 0 unspecified atom stereocenters. The standard InChI is InChI=1S/C29H49NO2/c1-3-5-7-19-29(22-30)20-17-27(18-21-29)32-28(31)26-15-13-25(14-16-26)24-11-9-23(10-12-24)8-6-4-2/h23-27H,3-21H2,1-2H3. The van der Waals surface area contributed by atoms with E-state index in [1.807, 2.05) is 0 Å². The summed E-state index contributed by atoms with van der Waals surface area (Å²) < 4.78 is 5.98. The fraction of sp³-hybridized carbons (Fsp3) is 0.931. The largest absolute Gasteiger partial charge is 0.462 e. The van der Waals surface area contributed by atoms with Crippen LogP contribution in [0.15, 0.2) is 0 Å². The molecular formula is C29H49NO2. The van der Waals surface area contributed by atoms with Crippen LogP contribution in [0.1, 0.15) is 136 Å². The topological polar surface area (TPSA) is 50.1 Å². The first-order valence-electron chi connectivity index (χ1n) is 14.2. The number of hydrogen-bond acceptors (Lipinski definition) is 3. The van der Waals surface area contributed by atoms with Crippen molar-refractivity contribution in [3.8, 4) is 6.07 Å². The average Bonchev–Trinajstić information content (AvgIpc) is 2.84. The van der Waals surface area contributed by atoms with E-state index in [0.29, 0.717) is 0 Å². The molecule has 0 aromatic rings. The first kappa shape index (κ1) is 25.6. The predicted octanol–water partition coefficient (Wildman–Crippen LogP) is 8.37. The molecule has 32 heavy (non-hydrogen) atoms. The van der Waals surface area contributed by atoms with Crippen LogP contribution in [0.2, 0.25) is 0 Å². The van der Waals surface area contributed by atoms with Crippen molar-refractivity contribution < 1.29 is 9.53 Å². The van der Waals surface area contributed by atoms with Crippen LogP contribution in [0.5, 0.6) is 0 Å². The van der Waals surface area contributed by atoms with Gasteiger partial charge in [-0.2, -0.15) is 5.26 Å². The van der Waals surface area contributed by atoms with Gasteiger partial charge in [0.05, 0.1) is 17.4 Å². The second kappa shape index (κ2) is 13.0. The molecule has 3 heteroatoms. The third-order valence-electron chi connectivity index (χ3n) is 9.30. The number of esters is 1. The summed E-state index contributed by atoms with van der Waals surface area (Å²) in [5, 5.41) is 9.74. The summed E-state index contributed by atoms with van der Waals surface area (Å²) in [4.78, 5) is 12.8. The molecular weight excluding hydrogens is 394 g/mol. The molecule has 0 saturated heterocycles. The summed E-state index contributed by atoms with van der Waals surface area (Å²) in [5.74, 6) is 2.93. The molecule has 3 aliphatic carbocycles. The maximum atomic E-state index is 12.8. The lowest BCUT2D eigenvalue weighted by molar-refractivity contribution is -0.158. The zero-order chi connectivity index (χ0) is 22.8. The first-order valence-corrected chi connectivity index (χ1v) is 14.2. The number of nitriles is 1. The Morgan fingerprint density at radius 3 is 2.00 bits per heavy atom. The van der Waals surface area contributed by atoms with Crippen molar-refractivity contribution in [3.05, 3.63) is 0 Å². The summed E-state index contributed by atoms with van der Waals surface area (Å²) in [5.41, 5.74) is -0.161. The predicted molar refractivity (Wildman–Crippen MR) is 131 cm³/mol. The molecule has 3 saturated carbocycles. The number of carbonyl (C=O) groups excluding carboxylic acids is 1. The fourth-order valence-corrected chi connectivity index (χ4v) is 6.92. The quantitative estimate of drug-likeness (QED) is 0.252. The van der Waals surface area contributed by atoms with Gasteiger partial charge in [-0.15, -0.1) is 0 Å². The van der Waals surface area contributed by atoms with Crippen LogP contribution in [0.25, 0.3) is 0 Å². The third-order valence-corrected chi connectivity index (χ3v) is 9.30. The molecule has 0 bridgehead atoms. The van der Waals surface area contributed by atoms with Crippen LogP contribution in [-0.2, 0) is 9.53 Å². The Hall–Kier alpha value is -1.04. The number of carbonyl (C=O) groups is 1. The van der Waals surface area contributed by atoms with Crippen LogP contribution < -0.4 is 0 Å². The minimum Gasteiger partial charge on any atom is -0.462 e. The molecule has 3 aliphatic rings. The highest BCUT2D eigenvalue weighted by Gasteiger charge is 2.38. The Labute approximate surface area is 198 Å². The van der Waals surface area contributed by atoms with E-state index >= 15 is 0 Å². The Morgan fingerprint density at radius 2 is 1.44 bits per heavy atom. The summed E-state index contributed by atoms with van der Waals surface area (Å²) in [7, 11) is 0. The van der Waals surface area contributed by atoms with Crippen molar-refractivity contribution in [3.63, 3.8) is 0 Å². The van der Waals surface area contributed by atoms with E-state index < -0.39 is 0 Å². The van der Waals surface area contributed by atoms with Crippen molar-refractivity contribution in [1.82, 2.24) is 0 Å². The Kier molecular flexibility index (Phi) is 10.4. The SMILES string of the molecule is CCCCCC1(C#N)CCC(OC(=O)C2CCC(C3CCC(CCCC)CC3)CC2)CC1. The van der Waals surface area contributed by atoms with Gasteiger partial charge in [0.15, 0.2) is 0 Å². The van der Waals surface area contributed by atoms with Gasteiger partial charge in [0, 0.05) is 0 Å². The van der Waals surface area contributed by atoms with E-state index in [-0.39, 0.29) is 23.4 Å². The highest BCUT2D eigenvalue weighted by atomic mass is 16.5. The molecule has 182 valence electrons. The van der Waals surface area contributed by atoms with Gasteiger partial charge in [0.2, 0.25) is 0 Å². The van der Waals surface area contributed by atoms with Gasteiger partial charge in [-0.3, -0.25) is 4.79 Å². The summed E-state index contributed by atoms with van der Waals surface area (Å²) in [6.45, 7) is 4.51. The normalized spacial score (nSPS) is 35.7. The monoisotopic (exact) mass is 443 g/mol. The molecule has 0 atom stereocenters. The van der Waals surface area contributed by atoms with Crippen molar-refractivity contribution in [2.24, 2.45) is 29.1 Å². The highest BCUT2D eigenvalue weighted by Crippen LogP contribution is 2.44. The molecule has 0 heterocycles. The summed E-state index contributed by atoms with van der Waals surface area (Å²) in [6.07, 6.45) is 22.6. The van der Waals surface area contributed by atoms with E-state index in [1.165, 1.54) is 70.6 Å². The van der Waals surface area contributed by atoms with Crippen molar-refractivity contribution in [2.75, 3.05) is 0 Å². The number of hydrogen-bond donors (Lipinski definition) is 0. The average molecular weight is 444 g/mol. The molecule has 3 nitrogen and oxygen atoms in total. The van der Waals surface area contributed by atoms with Gasteiger partial charge < -0.3 is 4.74 Å². The van der Waals surface area contributed by atoms with E-state index in [9.17, 15) is 10.1 Å². The third kappa shape index (κ3) is 7.23. The lowest BCUT2D eigenvalue weighted by Gasteiger charge is -2.38. The Balaban J connectivity index is 1.34. The molecule has 0 spiro atoms. The van der Waals surface area contributed by atoms with Crippen LogP contribution in [0.3, 0.4) is 0 Å². The van der Waals surface area contributed by atoms with E-state index in [4.69, 9.17) is 4.74 Å². The lowest BCUT2D eigenvalue weighted by atomic mass is 9.68. The van der Waals surface area contributed by atoms with Gasteiger partial charge in [-0.1, -0.05) is 65.2 Å². The summed E-state index contributed by atoms with van der Waals surface area (Å²) >= 11 is 0. The van der Waals surface area contributed by atoms with Crippen LogP contribution in [0.4, 0.5) is 0 Å². The van der Waals surface area contributed by atoms with Crippen LogP contribution in [-0.4, -0.2) is 12.1 Å². The van der Waals surface area contributed by atoms with Gasteiger partial charge in [-0.25, -0.2) is 0 Å². The van der Waals surface area contributed by atoms with E-state index in [0.717, 1.165) is 69.1 Å². The maximum absolute atomic E-state index is 12.8. The zero-order valence-corrected chi connectivity index (χ0v) is 21.1. The molecule has 0 amide bonds. The molecule has 0 aliphatic heterocycles. The second-order valence-electron chi connectivity index (χ2n) is 11.5.